The fourth-order valence-corrected chi connectivity index (χ4v) is 2.62. The third-order valence-electron chi connectivity index (χ3n) is 3.90. The fourth-order valence-electron chi connectivity index (χ4n) is 2.62. The van der Waals surface area contributed by atoms with Crippen LogP contribution in [0, 0.1) is 11.8 Å². The molecule has 1 aromatic heterocycles. The summed E-state index contributed by atoms with van der Waals surface area (Å²) in [6.45, 7) is 2.37. The van der Waals surface area contributed by atoms with Gasteiger partial charge in [-0.15, -0.1) is 0 Å². The van der Waals surface area contributed by atoms with E-state index >= 15 is 0 Å². The Balaban J connectivity index is 2.56. The summed E-state index contributed by atoms with van der Waals surface area (Å²) in [6, 6.07) is 5.87. The standard InChI is InChI=1S/C17H31N3O4/c1-19(6-14(10-21)11-22)8-16-4-3-5-17(18-16)9-20(2)7-15(12-23)13-24/h3-5,14-15,21-24H,6-13H2,1-2H3. The molecule has 1 rings (SSSR count). The summed E-state index contributed by atoms with van der Waals surface area (Å²) in [5.74, 6) is -0.281. The van der Waals surface area contributed by atoms with Crippen molar-refractivity contribution in [1.29, 1.82) is 0 Å². The van der Waals surface area contributed by atoms with Crippen molar-refractivity contribution in [3.05, 3.63) is 29.6 Å². The second kappa shape index (κ2) is 11.5. The van der Waals surface area contributed by atoms with Gasteiger partial charge in [-0.2, -0.15) is 0 Å². The Morgan fingerprint density at radius 1 is 0.792 bits per heavy atom. The maximum Gasteiger partial charge on any atom is 0.0547 e. The second-order valence-corrected chi connectivity index (χ2v) is 6.48. The normalized spacial score (nSPS) is 12.1. The molecule has 0 radical (unpaired) electrons. The molecule has 7 heteroatoms. The molecule has 0 saturated carbocycles. The minimum Gasteiger partial charge on any atom is -0.396 e. The summed E-state index contributed by atoms with van der Waals surface area (Å²) in [5.41, 5.74) is 1.86. The van der Waals surface area contributed by atoms with E-state index in [-0.39, 0.29) is 38.3 Å². The van der Waals surface area contributed by atoms with E-state index in [1.54, 1.807) is 0 Å². The lowest BCUT2D eigenvalue weighted by Gasteiger charge is -2.22. The highest BCUT2D eigenvalue weighted by atomic mass is 16.3. The van der Waals surface area contributed by atoms with E-state index in [1.807, 2.05) is 42.1 Å². The van der Waals surface area contributed by atoms with Gasteiger partial charge in [0.2, 0.25) is 0 Å². The van der Waals surface area contributed by atoms with Crippen LogP contribution in [0.2, 0.25) is 0 Å². The molecule has 24 heavy (non-hydrogen) atoms. The summed E-state index contributed by atoms with van der Waals surface area (Å²) in [5, 5.41) is 36.6. The van der Waals surface area contributed by atoms with Gasteiger partial charge in [0, 0.05) is 64.4 Å². The molecule has 0 aromatic carbocycles. The summed E-state index contributed by atoms with van der Waals surface area (Å²) < 4.78 is 0. The van der Waals surface area contributed by atoms with E-state index in [0.29, 0.717) is 26.2 Å². The topological polar surface area (TPSA) is 100 Å². The Kier molecular flexibility index (Phi) is 10.0. The van der Waals surface area contributed by atoms with Crippen LogP contribution < -0.4 is 0 Å². The average Bonchev–Trinajstić information content (AvgIpc) is 2.57. The van der Waals surface area contributed by atoms with Gasteiger partial charge >= 0.3 is 0 Å². The molecule has 7 nitrogen and oxygen atoms in total. The third kappa shape index (κ3) is 7.65. The zero-order valence-corrected chi connectivity index (χ0v) is 14.7. The fraction of sp³-hybridized carbons (Fsp3) is 0.706. The van der Waals surface area contributed by atoms with Crippen molar-refractivity contribution < 1.29 is 20.4 Å². The highest BCUT2D eigenvalue weighted by molar-refractivity contribution is 5.11. The van der Waals surface area contributed by atoms with Gasteiger partial charge in [-0.25, -0.2) is 0 Å². The van der Waals surface area contributed by atoms with Gasteiger partial charge in [0.25, 0.3) is 0 Å². The Morgan fingerprint density at radius 3 is 1.50 bits per heavy atom. The summed E-state index contributed by atoms with van der Waals surface area (Å²) in [4.78, 5) is 8.69. The first-order valence-electron chi connectivity index (χ1n) is 8.27. The minimum atomic E-state index is -0.141. The number of nitrogens with zero attached hydrogens (tertiary/aromatic N) is 3. The Bertz CT molecular complexity index is 416. The first kappa shape index (κ1) is 21.0. The van der Waals surface area contributed by atoms with Gasteiger partial charge in [-0.05, 0) is 26.2 Å². The summed E-state index contributed by atoms with van der Waals surface area (Å²) >= 11 is 0. The number of aliphatic hydroxyl groups is 4. The van der Waals surface area contributed by atoms with Crippen molar-refractivity contribution in [2.75, 3.05) is 53.6 Å². The lowest BCUT2D eigenvalue weighted by atomic mass is 10.1. The van der Waals surface area contributed by atoms with E-state index in [4.69, 9.17) is 20.4 Å². The molecule has 0 amide bonds. The molecule has 1 heterocycles. The van der Waals surface area contributed by atoms with Crippen molar-refractivity contribution in [2.45, 2.75) is 13.1 Å². The van der Waals surface area contributed by atoms with Crippen molar-refractivity contribution in [2.24, 2.45) is 11.8 Å². The number of pyridine rings is 1. The molecule has 0 aliphatic rings. The lowest BCUT2D eigenvalue weighted by molar-refractivity contribution is 0.116. The maximum absolute atomic E-state index is 9.15. The van der Waals surface area contributed by atoms with Gasteiger partial charge < -0.3 is 30.2 Å². The smallest absolute Gasteiger partial charge is 0.0547 e. The largest absolute Gasteiger partial charge is 0.396 e. The van der Waals surface area contributed by atoms with Crippen molar-refractivity contribution in [3.8, 4) is 0 Å². The molecule has 4 N–H and O–H groups in total. The van der Waals surface area contributed by atoms with Crippen LogP contribution in [0.15, 0.2) is 18.2 Å². The SMILES string of the molecule is CN(Cc1cccc(CN(C)CC(CO)CO)n1)CC(CO)CO. The van der Waals surface area contributed by atoms with E-state index < -0.39 is 0 Å². The maximum atomic E-state index is 9.15. The molecule has 0 aliphatic heterocycles. The van der Waals surface area contributed by atoms with E-state index in [9.17, 15) is 0 Å². The van der Waals surface area contributed by atoms with E-state index in [2.05, 4.69) is 4.98 Å². The average molecular weight is 341 g/mol. The lowest BCUT2D eigenvalue weighted by Crippen LogP contribution is -2.30. The Labute approximate surface area is 144 Å². The van der Waals surface area contributed by atoms with Gasteiger partial charge in [0.15, 0.2) is 0 Å². The molecule has 0 aliphatic carbocycles. The predicted molar refractivity (Wildman–Crippen MR) is 92.2 cm³/mol. The van der Waals surface area contributed by atoms with E-state index in [1.165, 1.54) is 0 Å². The van der Waals surface area contributed by atoms with Crippen molar-refractivity contribution in [3.63, 3.8) is 0 Å². The molecule has 0 spiro atoms. The van der Waals surface area contributed by atoms with Gasteiger partial charge in [-0.1, -0.05) is 6.07 Å². The van der Waals surface area contributed by atoms with Crippen LogP contribution in [0.4, 0.5) is 0 Å². The van der Waals surface area contributed by atoms with Gasteiger partial charge in [0.1, 0.15) is 0 Å². The molecule has 0 bridgehead atoms. The monoisotopic (exact) mass is 341 g/mol. The molecule has 0 unspecified atom stereocenters. The zero-order chi connectivity index (χ0) is 17.9. The summed E-state index contributed by atoms with van der Waals surface area (Å²) in [6.07, 6.45) is 0. The number of aromatic nitrogens is 1. The van der Waals surface area contributed by atoms with Crippen LogP contribution in [0.3, 0.4) is 0 Å². The third-order valence-corrected chi connectivity index (χ3v) is 3.90. The van der Waals surface area contributed by atoms with Crippen molar-refractivity contribution >= 4 is 0 Å². The zero-order valence-electron chi connectivity index (χ0n) is 14.7. The van der Waals surface area contributed by atoms with Crippen LogP contribution in [0.1, 0.15) is 11.4 Å². The molecule has 0 saturated heterocycles. The van der Waals surface area contributed by atoms with Crippen LogP contribution in [-0.2, 0) is 13.1 Å². The minimum absolute atomic E-state index is 0.0318. The predicted octanol–water partition coefficient (Wildman–Crippen LogP) is -0.853. The van der Waals surface area contributed by atoms with Gasteiger partial charge in [-0.3, -0.25) is 4.98 Å². The molecular formula is C17H31N3O4. The second-order valence-electron chi connectivity index (χ2n) is 6.48. The molecule has 138 valence electrons. The quantitative estimate of drug-likeness (QED) is 0.393. The first-order chi connectivity index (χ1) is 11.5. The van der Waals surface area contributed by atoms with Crippen LogP contribution >= 0.6 is 0 Å². The van der Waals surface area contributed by atoms with Crippen LogP contribution in [0.5, 0.6) is 0 Å². The number of hydrogen-bond acceptors (Lipinski definition) is 7. The van der Waals surface area contributed by atoms with Gasteiger partial charge in [0.05, 0.1) is 11.4 Å². The highest BCUT2D eigenvalue weighted by Gasteiger charge is 2.12. The van der Waals surface area contributed by atoms with Crippen LogP contribution in [-0.4, -0.2) is 88.8 Å². The first-order valence-corrected chi connectivity index (χ1v) is 8.27. The molecular weight excluding hydrogens is 310 g/mol. The number of hydrogen-bond donors (Lipinski definition) is 4. The molecule has 1 aromatic rings. The Hall–Kier alpha value is -1.09. The van der Waals surface area contributed by atoms with Crippen LogP contribution in [0.25, 0.3) is 0 Å². The number of rotatable bonds is 12. The van der Waals surface area contributed by atoms with E-state index in [0.717, 1.165) is 11.4 Å². The molecule has 0 fully saturated rings. The number of aliphatic hydroxyl groups excluding tert-OH is 4. The Morgan fingerprint density at radius 2 is 1.17 bits per heavy atom. The molecule has 0 atom stereocenters. The van der Waals surface area contributed by atoms with Crippen molar-refractivity contribution in [1.82, 2.24) is 14.8 Å². The highest BCUT2D eigenvalue weighted by Crippen LogP contribution is 2.08. The summed E-state index contributed by atoms with van der Waals surface area (Å²) in [7, 11) is 3.87.